The van der Waals surface area contributed by atoms with E-state index in [-0.39, 0.29) is 5.56 Å². The third-order valence-electron chi connectivity index (χ3n) is 2.55. The molecule has 0 saturated heterocycles. The quantitative estimate of drug-likeness (QED) is 0.895. The van der Waals surface area contributed by atoms with Crippen molar-refractivity contribution in [2.75, 3.05) is 0 Å². The van der Waals surface area contributed by atoms with Crippen LogP contribution in [0.1, 0.15) is 21.5 Å². The molecular weight excluding hydrogens is 228 g/mol. The fourth-order valence-electron chi connectivity index (χ4n) is 1.70. The fourth-order valence-corrected chi connectivity index (χ4v) is 1.70. The summed E-state index contributed by atoms with van der Waals surface area (Å²) in [5, 5.41) is 8.96. The van der Waals surface area contributed by atoms with Crippen molar-refractivity contribution in [3.05, 3.63) is 65.2 Å². The van der Waals surface area contributed by atoms with Gasteiger partial charge in [0.1, 0.15) is 12.4 Å². The zero-order valence-electron chi connectivity index (χ0n) is 10.1. The van der Waals surface area contributed by atoms with Crippen molar-refractivity contribution < 1.29 is 14.6 Å². The van der Waals surface area contributed by atoms with Crippen molar-refractivity contribution >= 4 is 5.97 Å². The summed E-state index contributed by atoms with van der Waals surface area (Å²) in [7, 11) is 0. The van der Waals surface area contributed by atoms with E-state index in [1.165, 1.54) is 6.07 Å². The van der Waals surface area contributed by atoms with E-state index >= 15 is 0 Å². The van der Waals surface area contributed by atoms with E-state index in [0.717, 1.165) is 11.1 Å². The van der Waals surface area contributed by atoms with E-state index in [0.29, 0.717) is 12.4 Å². The number of benzene rings is 2. The van der Waals surface area contributed by atoms with Crippen LogP contribution in [0.4, 0.5) is 0 Å². The number of carbonyl (C=O) groups is 1. The Morgan fingerprint density at radius 2 is 1.89 bits per heavy atom. The number of aromatic carboxylic acids is 1. The molecule has 2 aromatic carbocycles. The molecule has 0 unspecified atom stereocenters. The maximum absolute atomic E-state index is 10.9. The number of ether oxygens (including phenoxy) is 1. The number of carboxylic acids is 1. The predicted molar refractivity (Wildman–Crippen MR) is 68.9 cm³/mol. The zero-order valence-corrected chi connectivity index (χ0v) is 10.1. The molecule has 0 spiro atoms. The lowest BCUT2D eigenvalue weighted by atomic mass is 10.1. The Balaban J connectivity index is 2.12. The Morgan fingerprint density at radius 1 is 1.17 bits per heavy atom. The smallest absolute Gasteiger partial charge is 0.335 e. The first-order valence-corrected chi connectivity index (χ1v) is 5.67. The van der Waals surface area contributed by atoms with Crippen molar-refractivity contribution in [1.29, 1.82) is 0 Å². The lowest BCUT2D eigenvalue weighted by molar-refractivity contribution is 0.0696. The largest absolute Gasteiger partial charge is 0.489 e. The minimum atomic E-state index is -0.941. The SMILES string of the molecule is Cc1cc(OCc2ccccc2)cc(C(=O)O)c1. The third kappa shape index (κ3) is 3.10. The molecule has 92 valence electrons. The average Bonchev–Trinajstić information content (AvgIpc) is 2.37. The average molecular weight is 242 g/mol. The summed E-state index contributed by atoms with van der Waals surface area (Å²) in [5.41, 5.74) is 2.17. The Labute approximate surface area is 106 Å². The van der Waals surface area contributed by atoms with E-state index in [9.17, 15) is 4.79 Å². The summed E-state index contributed by atoms with van der Waals surface area (Å²) in [6, 6.07) is 14.8. The normalized spacial score (nSPS) is 10.1. The molecule has 0 fully saturated rings. The van der Waals surface area contributed by atoms with Crippen LogP contribution in [0.25, 0.3) is 0 Å². The number of rotatable bonds is 4. The van der Waals surface area contributed by atoms with Crippen molar-refractivity contribution in [1.82, 2.24) is 0 Å². The monoisotopic (exact) mass is 242 g/mol. The second-order valence-corrected chi connectivity index (χ2v) is 4.11. The van der Waals surface area contributed by atoms with Crippen LogP contribution in [-0.4, -0.2) is 11.1 Å². The lowest BCUT2D eigenvalue weighted by Crippen LogP contribution is -2.00. The van der Waals surface area contributed by atoms with Crippen molar-refractivity contribution in [2.45, 2.75) is 13.5 Å². The molecule has 0 aliphatic carbocycles. The first-order valence-electron chi connectivity index (χ1n) is 5.67. The predicted octanol–water partition coefficient (Wildman–Crippen LogP) is 3.27. The highest BCUT2D eigenvalue weighted by Gasteiger charge is 2.06. The van der Waals surface area contributed by atoms with Gasteiger partial charge in [0.25, 0.3) is 0 Å². The maximum atomic E-state index is 10.9. The first kappa shape index (κ1) is 12.2. The summed E-state index contributed by atoms with van der Waals surface area (Å²) < 4.78 is 5.60. The standard InChI is InChI=1S/C15H14O3/c1-11-7-13(15(16)17)9-14(8-11)18-10-12-5-3-2-4-6-12/h2-9H,10H2,1H3,(H,16,17). The van der Waals surface area contributed by atoms with E-state index in [1.54, 1.807) is 6.07 Å². The van der Waals surface area contributed by atoms with Gasteiger partial charge in [-0.15, -0.1) is 0 Å². The number of hydrogen-bond acceptors (Lipinski definition) is 2. The van der Waals surface area contributed by atoms with Gasteiger partial charge in [-0.1, -0.05) is 30.3 Å². The molecule has 1 N–H and O–H groups in total. The molecule has 0 amide bonds. The molecule has 18 heavy (non-hydrogen) atoms. The Morgan fingerprint density at radius 3 is 2.56 bits per heavy atom. The molecule has 2 aromatic rings. The van der Waals surface area contributed by atoms with Crippen LogP contribution in [0.5, 0.6) is 5.75 Å². The van der Waals surface area contributed by atoms with Gasteiger partial charge in [0.05, 0.1) is 5.56 Å². The molecule has 3 heteroatoms. The van der Waals surface area contributed by atoms with E-state index in [2.05, 4.69) is 0 Å². The summed E-state index contributed by atoms with van der Waals surface area (Å²) in [6.07, 6.45) is 0. The van der Waals surface area contributed by atoms with Crippen LogP contribution in [0.15, 0.2) is 48.5 Å². The van der Waals surface area contributed by atoms with Gasteiger partial charge < -0.3 is 9.84 Å². The van der Waals surface area contributed by atoms with Crippen LogP contribution < -0.4 is 4.74 Å². The van der Waals surface area contributed by atoms with Crippen LogP contribution >= 0.6 is 0 Å². The molecule has 0 aliphatic rings. The highest BCUT2D eigenvalue weighted by molar-refractivity contribution is 5.88. The number of aryl methyl sites for hydroxylation is 1. The minimum Gasteiger partial charge on any atom is -0.489 e. The van der Waals surface area contributed by atoms with Crippen LogP contribution in [0.2, 0.25) is 0 Å². The van der Waals surface area contributed by atoms with Crippen molar-refractivity contribution in [3.63, 3.8) is 0 Å². The van der Waals surface area contributed by atoms with Gasteiger partial charge in [-0.25, -0.2) is 4.79 Å². The first-order chi connectivity index (χ1) is 8.65. The van der Waals surface area contributed by atoms with Gasteiger partial charge in [-0.2, -0.15) is 0 Å². The topological polar surface area (TPSA) is 46.5 Å². The van der Waals surface area contributed by atoms with Gasteiger partial charge in [0.15, 0.2) is 0 Å². The van der Waals surface area contributed by atoms with Gasteiger partial charge in [-0.3, -0.25) is 0 Å². The van der Waals surface area contributed by atoms with Gasteiger partial charge >= 0.3 is 5.97 Å². The second-order valence-electron chi connectivity index (χ2n) is 4.11. The number of carboxylic acid groups (broad SMARTS) is 1. The molecule has 0 heterocycles. The molecular formula is C15H14O3. The Bertz CT molecular complexity index is 547. The highest BCUT2D eigenvalue weighted by atomic mass is 16.5. The summed E-state index contributed by atoms with van der Waals surface area (Å²) in [4.78, 5) is 10.9. The second kappa shape index (κ2) is 5.36. The number of hydrogen-bond donors (Lipinski definition) is 1. The zero-order chi connectivity index (χ0) is 13.0. The summed E-state index contributed by atoms with van der Waals surface area (Å²) in [6.45, 7) is 2.28. The van der Waals surface area contributed by atoms with Gasteiger partial charge in [-0.05, 0) is 36.2 Å². The molecule has 0 aromatic heterocycles. The molecule has 0 saturated carbocycles. The minimum absolute atomic E-state index is 0.248. The third-order valence-corrected chi connectivity index (χ3v) is 2.55. The Kier molecular flexibility index (Phi) is 3.63. The molecule has 0 radical (unpaired) electrons. The highest BCUT2D eigenvalue weighted by Crippen LogP contribution is 2.18. The van der Waals surface area contributed by atoms with E-state index in [1.807, 2.05) is 43.3 Å². The van der Waals surface area contributed by atoms with Gasteiger partial charge in [0, 0.05) is 0 Å². The summed E-state index contributed by atoms with van der Waals surface area (Å²) in [5.74, 6) is -0.362. The van der Waals surface area contributed by atoms with E-state index in [4.69, 9.17) is 9.84 Å². The molecule has 2 rings (SSSR count). The van der Waals surface area contributed by atoms with Crippen LogP contribution in [0, 0.1) is 6.92 Å². The fraction of sp³-hybridized carbons (Fsp3) is 0.133. The van der Waals surface area contributed by atoms with Gasteiger partial charge in [0.2, 0.25) is 0 Å². The van der Waals surface area contributed by atoms with Crippen molar-refractivity contribution in [2.24, 2.45) is 0 Å². The Hall–Kier alpha value is -2.29. The van der Waals surface area contributed by atoms with Crippen LogP contribution in [0.3, 0.4) is 0 Å². The van der Waals surface area contributed by atoms with E-state index < -0.39 is 5.97 Å². The molecule has 0 bridgehead atoms. The maximum Gasteiger partial charge on any atom is 0.335 e. The van der Waals surface area contributed by atoms with Crippen molar-refractivity contribution in [3.8, 4) is 5.75 Å². The molecule has 0 atom stereocenters. The van der Waals surface area contributed by atoms with Crippen LogP contribution in [-0.2, 0) is 6.61 Å². The lowest BCUT2D eigenvalue weighted by Gasteiger charge is -2.08. The molecule has 3 nitrogen and oxygen atoms in total. The molecule has 0 aliphatic heterocycles. The summed E-state index contributed by atoms with van der Waals surface area (Å²) >= 11 is 0.